The van der Waals surface area contributed by atoms with Crippen LogP contribution in [0.3, 0.4) is 0 Å². The van der Waals surface area contributed by atoms with Crippen molar-refractivity contribution < 1.29 is 18.0 Å². The highest BCUT2D eigenvalue weighted by Gasteiger charge is 2.33. The van der Waals surface area contributed by atoms with Crippen molar-refractivity contribution in [1.29, 1.82) is 0 Å². The summed E-state index contributed by atoms with van der Waals surface area (Å²) in [6, 6.07) is 11.0. The van der Waals surface area contributed by atoms with Crippen LogP contribution in [-0.4, -0.2) is 57.4 Å². The lowest BCUT2D eigenvalue weighted by atomic mass is 9.98. The fraction of sp³-hybridized carbons (Fsp3) is 0.333. The summed E-state index contributed by atoms with van der Waals surface area (Å²) in [5.41, 5.74) is 6.49. The first kappa shape index (κ1) is 22.7. The fourth-order valence-electron chi connectivity index (χ4n) is 3.62. The number of amides is 2. The summed E-state index contributed by atoms with van der Waals surface area (Å²) in [6.07, 6.45) is 2.17. The van der Waals surface area contributed by atoms with E-state index in [9.17, 15) is 18.0 Å². The van der Waals surface area contributed by atoms with E-state index in [0.717, 1.165) is 5.56 Å². The van der Waals surface area contributed by atoms with Crippen LogP contribution in [0, 0.1) is 12.8 Å². The van der Waals surface area contributed by atoms with Crippen LogP contribution in [-0.2, 0) is 21.9 Å². The number of hydrogen-bond donors (Lipinski definition) is 3. The number of benzene rings is 1. The Bertz CT molecular complexity index is 1240. The molecule has 3 N–H and O–H groups in total. The van der Waals surface area contributed by atoms with E-state index in [4.69, 9.17) is 0 Å². The minimum Gasteiger partial charge on any atom is -0.337 e. The summed E-state index contributed by atoms with van der Waals surface area (Å²) in [5.74, 6) is -0.698. The first-order valence-electron chi connectivity index (χ1n) is 10.5. The van der Waals surface area contributed by atoms with E-state index in [-0.39, 0.29) is 29.7 Å². The zero-order valence-electron chi connectivity index (χ0n) is 18.3. The number of aryl methyl sites for hydroxylation is 2. The zero-order valence-corrected chi connectivity index (χ0v) is 19.1. The van der Waals surface area contributed by atoms with Gasteiger partial charge in [-0.05, 0) is 25.8 Å². The van der Waals surface area contributed by atoms with E-state index in [0.29, 0.717) is 24.4 Å². The van der Waals surface area contributed by atoms with Crippen LogP contribution in [0.4, 0.5) is 0 Å². The normalized spacial score (nSPS) is 15.3. The van der Waals surface area contributed by atoms with Crippen LogP contribution in [0.5, 0.6) is 0 Å². The number of rotatable bonds is 5. The first-order valence-corrected chi connectivity index (χ1v) is 11.9. The maximum Gasteiger partial charge on any atom is 0.287 e. The van der Waals surface area contributed by atoms with Crippen LogP contribution < -0.4 is 10.9 Å². The molecular formula is C21H25N7O4S. The molecule has 0 bridgehead atoms. The van der Waals surface area contributed by atoms with E-state index < -0.39 is 21.8 Å². The highest BCUT2D eigenvalue weighted by molar-refractivity contribution is 7.89. The molecule has 1 aliphatic heterocycles. The van der Waals surface area contributed by atoms with E-state index in [1.165, 1.54) is 10.5 Å². The Morgan fingerprint density at radius 3 is 2.45 bits per heavy atom. The van der Waals surface area contributed by atoms with Crippen LogP contribution in [0.1, 0.15) is 29.2 Å². The Labute approximate surface area is 191 Å². The number of imidazole rings is 1. The molecule has 0 spiro atoms. The fourth-order valence-corrected chi connectivity index (χ4v) is 5.12. The molecule has 11 nitrogen and oxygen atoms in total. The Kier molecular flexibility index (Phi) is 6.29. The van der Waals surface area contributed by atoms with Crippen LogP contribution in [0.2, 0.25) is 0 Å². The maximum atomic E-state index is 12.8. The Morgan fingerprint density at radius 1 is 1.12 bits per heavy atom. The zero-order chi connectivity index (χ0) is 23.6. The molecule has 1 saturated heterocycles. The van der Waals surface area contributed by atoms with E-state index in [2.05, 4.69) is 26.0 Å². The predicted molar refractivity (Wildman–Crippen MR) is 119 cm³/mol. The maximum absolute atomic E-state index is 12.8. The van der Waals surface area contributed by atoms with Gasteiger partial charge in [-0.15, -0.1) is 0 Å². The van der Waals surface area contributed by atoms with E-state index in [1.807, 2.05) is 30.3 Å². The number of hydrazine groups is 1. The molecule has 4 rings (SSSR count). The number of H-pyrrole nitrogens is 1. The van der Waals surface area contributed by atoms with E-state index in [1.54, 1.807) is 24.6 Å². The molecule has 1 aliphatic rings. The number of carbonyl (C=O) groups excluding carboxylic acids is 2. The van der Waals surface area contributed by atoms with Gasteiger partial charge < -0.3 is 4.57 Å². The van der Waals surface area contributed by atoms with Gasteiger partial charge in [0.15, 0.2) is 5.03 Å². The lowest BCUT2D eigenvalue weighted by Crippen LogP contribution is -2.48. The molecule has 174 valence electrons. The van der Waals surface area contributed by atoms with Gasteiger partial charge in [0.05, 0.1) is 5.69 Å². The molecule has 0 radical (unpaired) electrons. The van der Waals surface area contributed by atoms with Crippen molar-refractivity contribution in [3.8, 4) is 11.3 Å². The molecule has 3 aromatic rings. The molecule has 3 heterocycles. The molecule has 2 aromatic heterocycles. The number of hydrogen-bond acceptors (Lipinski definition) is 6. The highest BCUT2D eigenvalue weighted by Crippen LogP contribution is 2.23. The third-order valence-electron chi connectivity index (χ3n) is 5.71. The van der Waals surface area contributed by atoms with Crippen molar-refractivity contribution in [1.82, 2.24) is 34.9 Å². The van der Waals surface area contributed by atoms with Crippen LogP contribution in [0.15, 0.2) is 47.6 Å². The molecular weight excluding hydrogens is 446 g/mol. The molecule has 1 aromatic carbocycles. The van der Waals surface area contributed by atoms with Gasteiger partial charge in [-0.25, -0.2) is 13.4 Å². The number of carbonyl (C=O) groups is 2. The molecule has 33 heavy (non-hydrogen) atoms. The van der Waals surface area contributed by atoms with Gasteiger partial charge in [-0.1, -0.05) is 30.3 Å². The molecule has 0 saturated carbocycles. The van der Waals surface area contributed by atoms with Crippen molar-refractivity contribution in [2.45, 2.75) is 24.8 Å². The average Bonchev–Trinajstić information content (AvgIpc) is 3.45. The Morgan fingerprint density at radius 2 is 1.82 bits per heavy atom. The molecule has 12 heteroatoms. The standard InChI is InChI=1S/C21H25N7O4S/c1-14-22-19(13-27(14)2)33(31,32)28-10-8-16(9-11-28)20(29)25-26-21(30)18-12-17(23-24-18)15-6-4-3-5-7-15/h3-7,12-13,16H,8-11H2,1-2H3,(H,23,24)(H,25,29)(H,26,30). The number of piperidine rings is 1. The van der Waals surface area contributed by atoms with Gasteiger partial charge >= 0.3 is 0 Å². The summed E-state index contributed by atoms with van der Waals surface area (Å²) in [5, 5.41) is 6.78. The minimum absolute atomic E-state index is 0.00657. The van der Waals surface area contributed by atoms with Gasteiger partial charge in [0, 0.05) is 37.8 Å². The first-order chi connectivity index (χ1) is 15.8. The number of aromatic amines is 1. The van der Waals surface area contributed by atoms with Gasteiger partial charge in [0.2, 0.25) is 5.91 Å². The third kappa shape index (κ3) is 4.81. The second-order valence-electron chi connectivity index (χ2n) is 7.89. The SMILES string of the molecule is Cc1nc(S(=O)(=O)N2CCC(C(=O)NNC(=O)c3cc(-c4ccccc4)n[nH]3)CC2)cn1C. The molecule has 0 unspecified atom stereocenters. The van der Waals surface area contributed by atoms with Crippen molar-refractivity contribution >= 4 is 21.8 Å². The van der Waals surface area contributed by atoms with Crippen LogP contribution in [0.25, 0.3) is 11.3 Å². The van der Waals surface area contributed by atoms with Gasteiger partial charge in [0.25, 0.3) is 15.9 Å². The molecule has 0 aliphatic carbocycles. The summed E-state index contributed by atoms with van der Waals surface area (Å²) < 4.78 is 28.6. The lowest BCUT2D eigenvalue weighted by molar-refractivity contribution is -0.126. The summed E-state index contributed by atoms with van der Waals surface area (Å²) in [6.45, 7) is 2.13. The minimum atomic E-state index is -3.71. The topological polar surface area (TPSA) is 142 Å². The van der Waals surface area contributed by atoms with Gasteiger partial charge in [0.1, 0.15) is 11.5 Å². The van der Waals surface area contributed by atoms with Crippen LogP contribution >= 0.6 is 0 Å². The quantitative estimate of drug-likeness (QED) is 0.474. The molecule has 2 amide bonds. The second-order valence-corrected chi connectivity index (χ2v) is 9.78. The average molecular weight is 472 g/mol. The number of nitrogens with zero attached hydrogens (tertiary/aromatic N) is 4. The predicted octanol–water partition coefficient (Wildman–Crippen LogP) is 0.981. The number of sulfonamides is 1. The van der Waals surface area contributed by atoms with Crippen molar-refractivity contribution in [2.75, 3.05) is 13.1 Å². The largest absolute Gasteiger partial charge is 0.337 e. The van der Waals surface area contributed by atoms with Gasteiger partial charge in [-0.3, -0.25) is 25.5 Å². The summed E-state index contributed by atoms with van der Waals surface area (Å²) in [7, 11) is -1.97. The van der Waals surface area contributed by atoms with Crippen molar-refractivity contribution in [3.05, 3.63) is 54.1 Å². The van der Waals surface area contributed by atoms with Crippen molar-refractivity contribution in [2.24, 2.45) is 13.0 Å². The monoisotopic (exact) mass is 471 g/mol. The second kappa shape index (κ2) is 9.16. The Hall–Kier alpha value is -3.51. The number of aromatic nitrogens is 4. The third-order valence-corrected chi connectivity index (χ3v) is 7.48. The van der Waals surface area contributed by atoms with Crippen molar-refractivity contribution in [3.63, 3.8) is 0 Å². The van der Waals surface area contributed by atoms with E-state index >= 15 is 0 Å². The molecule has 0 atom stereocenters. The lowest BCUT2D eigenvalue weighted by Gasteiger charge is -2.29. The molecule has 1 fully saturated rings. The Balaban J connectivity index is 1.29. The summed E-state index contributed by atoms with van der Waals surface area (Å²) >= 11 is 0. The highest BCUT2D eigenvalue weighted by atomic mass is 32.2. The number of nitrogens with one attached hydrogen (secondary N) is 3. The smallest absolute Gasteiger partial charge is 0.287 e. The summed E-state index contributed by atoms with van der Waals surface area (Å²) in [4.78, 5) is 29.0. The van der Waals surface area contributed by atoms with Gasteiger partial charge in [-0.2, -0.15) is 9.40 Å².